The molecule has 0 N–H and O–H groups in total. The maximum atomic E-state index is 2.38. The molecule has 1 aliphatic carbocycles. The van der Waals surface area contributed by atoms with Crippen LogP contribution >= 0.6 is 0 Å². The Morgan fingerprint density at radius 2 is 1.12 bits per heavy atom. The minimum absolute atomic E-state index is 0.491. The molecule has 0 aromatic heterocycles. The van der Waals surface area contributed by atoms with Gasteiger partial charge in [0.2, 0.25) is 0 Å². The van der Waals surface area contributed by atoms with Crippen molar-refractivity contribution in [3.05, 3.63) is 82.9 Å². The molecule has 0 amide bonds. The smallest absolute Gasteiger partial charge is 0.00921 e. The van der Waals surface area contributed by atoms with E-state index in [1.165, 1.54) is 22.3 Å². The van der Waals surface area contributed by atoms with Gasteiger partial charge in [-0.25, -0.2) is 0 Å². The fourth-order valence-electron chi connectivity index (χ4n) is 4.61. The van der Waals surface area contributed by atoms with Crippen molar-refractivity contribution < 1.29 is 0 Å². The van der Waals surface area contributed by atoms with E-state index in [2.05, 4.69) is 102 Å². The predicted molar refractivity (Wildman–Crippen MR) is 115 cm³/mol. The molecule has 2 aromatic rings. The Balaban J connectivity index is 2.38. The van der Waals surface area contributed by atoms with E-state index in [1.54, 1.807) is 11.1 Å². The molecule has 0 heteroatoms. The minimum atomic E-state index is 0.491. The molecule has 0 fully saturated rings. The van der Waals surface area contributed by atoms with Gasteiger partial charge in [0.05, 0.1) is 0 Å². The number of allylic oxidation sites excluding steroid dienone is 4. The van der Waals surface area contributed by atoms with E-state index in [0.29, 0.717) is 23.7 Å². The standard InChI is InChI=1S/C26H32/c1-17(2)22-23(18(3)4)25(20-13-9-7-10-14-20)26(24(22)19(5)6)21-15-11-8-12-16-21/h7-19,23H,1-6H3. The van der Waals surface area contributed by atoms with Crippen molar-refractivity contribution in [1.29, 1.82) is 0 Å². The Morgan fingerprint density at radius 3 is 1.54 bits per heavy atom. The van der Waals surface area contributed by atoms with E-state index < -0.39 is 0 Å². The Labute approximate surface area is 159 Å². The van der Waals surface area contributed by atoms with Crippen molar-refractivity contribution in [2.45, 2.75) is 41.5 Å². The zero-order valence-electron chi connectivity index (χ0n) is 17.1. The zero-order chi connectivity index (χ0) is 18.8. The Kier molecular flexibility index (Phi) is 5.51. The van der Waals surface area contributed by atoms with E-state index in [0.717, 1.165) is 0 Å². The summed E-state index contributed by atoms with van der Waals surface area (Å²) in [6, 6.07) is 22.0. The summed E-state index contributed by atoms with van der Waals surface area (Å²) in [4.78, 5) is 0. The highest BCUT2D eigenvalue weighted by Crippen LogP contribution is 2.54. The summed E-state index contributed by atoms with van der Waals surface area (Å²) in [6.07, 6.45) is 0. The summed E-state index contributed by atoms with van der Waals surface area (Å²) in [6.45, 7) is 14.2. The molecule has 0 bridgehead atoms. The lowest BCUT2D eigenvalue weighted by molar-refractivity contribution is 0.495. The van der Waals surface area contributed by atoms with Gasteiger partial charge < -0.3 is 0 Å². The van der Waals surface area contributed by atoms with Gasteiger partial charge in [0.15, 0.2) is 0 Å². The topological polar surface area (TPSA) is 0 Å². The quantitative estimate of drug-likeness (QED) is 0.527. The Morgan fingerprint density at radius 1 is 0.615 bits per heavy atom. The van der Waals surface area contributed by atoms with Gasteiger partial charge in [0, 0.05) is 5.92 Å². The molecular weight excluding hydrogens is 312 g/mol. The highest BCUT2D eigenvalue weighted by molar-refractivity contribution is 6.04. The van der Waals surface area contributed by atoms with Gasteiger partial charge >= 0.3 is 0 Å². The van der Waals surface area contributed by atoms with Crippen LogP contribution < -0.4 is 0 Å². The van der Waals surface area contributed by atoms with Crippen LogP contribution in [0.5, 0.6) is 0 Å². The average molecular weight is 345 g/mol. The van der Waals surface area contributed by atoms with Crippen LogP contribution in [-0.4, -0.2) is 0 Å². The van der Waals surface area contributed by atoms with Gasteiger partial charge in [-0.3, -0.25) is 0 Å². The van der Waals surface area contributed by atoms with E-state index in [4.69, 9.17) is 0 Å². The van der Waals surface area contributed by atoms with Crippen LogP contribution in [0.3, 0.4) is 0 Å². The highest BCUT2D eigenvalue weighted by atomic mass is 14.4. The SMILES string of the molecule is CC(C)C1=C(C(C)C)C(C(C)C)C(c2ccccc2)=C1c1ccccc1. The van der Waals surface area contributed by atoms with Gasteiger partial charge in [-0.05, 0) is 45.6 Å². The van der Waals surface area contributed by atoms with Gasteiger partial charge in [0.25, 0.3) is 0 Å². The van der Waals surface area contributed by atoms with Gasteiger partial charge in [0.1, 0.15) is 0 Å². The van der Waals surface area contributed by atoms with Crippen molar-refractivity contribution in [3.8, 4) is 0 Å². The second-order valence-corrected chi connectivity index (χ2v) is 8.42. The summed E-state index contributed by atoms with van der Waals surface area (Å²) in [7, 11) is 0. The van der Waals surface area contributed by atoms with E-state index in [-0.39, 0.29) is 0 Å². The zero-order valence-corrected chi connectivity index (χ0v) is 17.1. The number of rotatable bonds is 5. The van der Waals surface area contributed by atoms with Crippen molar-refractivity contribution in [2.75, 3.05) is 0 Å². The molecule has 0 spiro atoms. The van der Waals surface area contributed by atoms with Crippen molar-refractivity contribution in [3.63, 3.8) is 0 Å². The van der Waals surface area contributed by atoms with E-state index in [9.17, 15) is 0 Å². The first-order valence-corrected chi connectivity index (χ1v) is 10.0. The second-order valence-electron chi connectivity index (χ2n) is 8.42. The first-order valence-electron chi connectivity index (χ1n) is 10.0. The monoisotopic (exact) mass is 344 g/mol. The number of hydrogen-bond acceptors (Lipinski definition) is 0. The fraction of sp³-hybridized carbons (Fsp3) is 0.385. The number of benzene rings is 2. The molecule has 0 nitrogen and oxygen atoms in total. The van der Waals surface area contributed by atoms with E-state index >= 15 is 0 Å². The third kappa shape index (κ3) is 3.30. The average Bonchev–Trinajstić information content (AvgIpc) is 3.00. The van der Waals surface area contributed by atoms with Crippen LogP contribution in [0, 0.1) is 23.7 Å². The first-order chi connectivity index (χ1) is 12.4. The van der Waals surface area contributed by atoms with Crippen LogP contribution in [0.4, 0.5) is 0 Å². The maximum absolute atomic E-state index is 2.38. The van der Waals surface area contributed by atoms with Crippen molar-refractivity contribution >= 4 is 11.1 Å². The lowest BCUT2D eigenvalue weighted by atomic mass is 9.77. The minimum Gasteiger partial charge on any atom is -0.0622 e. The summed E-state index contributed by atoms with van der Waals surface area (Å²) >= 11 is 0. The molecule has 0 saturated heterocycles. The third-order valence-electron chi connectivity index (χ3n) is 5.51. The van der Waals surface area contributed by atoms with Gasteiger partial charge in [-0.2, -0.15) is 0 Å². The van der Waals surface area contributed by atoms with Crippen LogP contribution in [-0.2, 0) is 0 Å². The lowest BCUT2D eigenvalue weighted by Crippen LogP contribution is -2.16. The normalized spacial score (nSPS) is 18.0. The molecular formula is C26H32. The molecule has 0 heterocycles. The van der Waals surface area contributed by atoms with Crippen LogP contribution in [0.2, 0.25) is 0 Å². The molecule has 3 rings (SSSR count). The molecule has 1 aliphatic rings. The first kappa shape index (κ1) is 18.7. The summed E-state index contributed by atoms with van der Waals surface area (Å²) in [5.74, 6) is 2.15. The molecule has 1 atom stereocenters. The van der Waals surface area contributed by atoms with Crippen LogP contribution in [0.25, 0.3) is 11.1 Å². The second kappa shape index (κ2) is 7.66. The van der Waals surface area contributed by atoms with Crippen LogP contribution in [0.1, 0.15) is 52.7 Å². The van der Waals surface area contributed by atoms with E-state index in [1.807, 2.05) is 0 Å². The fourth-order valence-corrected chi connectivity index (χ4v) is 4.61. The predicted octanol–water partition coefficient (Wildman–Crippen LogP) is 7.49. The van der Waals surface area contributed by atoms with Gasteiger partial charge in [-0.15, -0.1) is 0 Å². The number of hydrogen-bond donors (Lipinski definition) is 0. The molecule has 0 radical (unpaired) electrons. The third-order valence-corrected chi connectivity index (χ3v) is 5.51. The molecule has 136 valence electrons. The van der Waals surface area contributed by atoms with Crippen molar-refractivity contribution in [1.82, 2.24) is 0 Å². The van der Waals surface area contributed by atoms with Crippen molar-refractivity contribution in [2.24, 2.45) is 23.7 Å². The maximum Gasteiger partial charge on any atom is 0.00921 e. The Hall–Kier alpha value is -2.08. The molecule has 0 saturated carbocycles. The summed E-state index contributed by atoms with van der Waals surface area (Å²) in [5.41, 5.74) is 8.96. The molecule has 1 unspecified atom stereocenters. The highest BCUT2D eigenvalue weighted by Gasteiger charge is 2.38. The molecule has 26 heavy (non-hydrogen) atoms. The lowest BCUT2D eigenvalue weighted by Gasteiger charge is -2.27. The molecule has 2 aromatic carbocycles. The molecule has 0 aliphatic heterocycles. The summed E-state index contributed by atoms with van der Waals surface area (Å²) < 4.78 is 0. The summed E-state index contributed by atoms with van der Waals surface area (Å²) in [5, 5.41) is 0. The van der Waals surface area contributed by atoms with Crippen LogP contribution in [0.15, 0.2) is 71.8 Å². The largest absolute Gasteiger partial charge is 0.0622 e. The van der Waals surface area contributed by atoms with Gasteiger partial charge in [-0.1, -0.05) is 108 Å². The Bertz CT molecular complexity index is 802.